The fraction of sp³-hybridized carbons (Fsp3) is 0.200. The SMILES string of the molecule is COc1ccc(-c2ccc(-c3ccc(CC(C)(C#N)C#N)s3)s2)cc1. The molecule has 0 atom stereocenters. The van der Waals surface area contributed by atoms with Crippen molar-refractivity contribution in [2.75, 3.05) is 7.11 Å². The van der Waals surface area contributed by atoms with Crippen LogP contribution in [-0.2, 0) is 6.42 Å². The number of hydrogen-bond donors (Lipinski definition) is 0. The predicted octanol–water partition coefficient (Wildman–Crippen LogP) is 5.75. The van der Waals surface area contributed by atoms with E-state index in [1.54, 1.807) is 36.7 Å². The summed E-state index contributed by atoms with van der Waals surface area (Å²) in [4.78, 5) is 4.61. The zero-order valence-electron chi connectivity index (χ0n) is 13.9. The van der Waals surface area contributed by atoms with Crippen LogP contribution in [-0.4, -0.2) is 7.11 Å². The summed E-state index contributed by atoms with van der Waals surface area (Å²) in [5, 5.41) is 18.3. The number of thiophene rings is 2. The number of nitrogens with zero attached hydrogens (tertiary/aromatic N) is 2. The largest absolute Gasteiger partial charge is 0.497 e. The maximum atomic E-state index is 9.16. The molecule has 0 saturated carbocycles. The molecule has 0 aliphatic carbocycles. The highest BCUT2D eigenvalue weighted by Gasteiger charge is 2.24. The number of rotatable bonds is 5. The molecule has 0 spiro atoms. The second-order valence-corrected chi connectivity index (χ2v) is 8.14. The van der Waals surface area contributed by atoms with Crippen LogP contribution in [0, 0.1) is 28.1 Å². The Bertz CT molecular complexity index is 941. The summed E-state index contributed by atoms with van der Waals surface area (Å²) in [6.07, 6.45) is 0.460. The highest BCUT2D eigenvalue weighted by molar-refractivity contribution is 7.23. The van der Waals surface area contributed by atoms with Gasteiger partial charge in [0.15, 0.2) is 0 Å². The first-order chi connectivity index (χ1) is 12.1. The van der Waals surface area contributed by atoms with Crippen molar-refractivity contribution in [3.63, 3.8) is 0 Å². The number of methoxy groups -OCH3 is 1. The van der Waals surface area contributed by atoms with Crippen molar-refractivity contribution >= 4 is 22.7 Å². The van der Waals surface area contributed by atoms with E-state index in [4.69, 9.17) is 15.3 Å². The predicted molar refractivity (Wildman–Crippen MR) is 103 cm³/mol. The van der Waals surface area contributed by atoms with Crippen molar-refractivity contribution in [1.29, 1.82) is 10.5 Å². The van der Waals surface area contributed by atoms with E-state index in [0.717, 1.165) is 21.1 Å². The molecule has 5 heteroatoms. The first-order valence-electron chi connectivity index (χ1n) is 7.73. The second-order valence-electron chi connectivity index (χ2n) is 5.89. The minimum Gasteiger partial charge on any atom is -0.497 e. The zero-order valence-corrected chi connectivity index (χ0v) is 15.6. The highest BCUT2D eigenvalue weighted by atomic mass is 32.1. The van der Waals surface area contributed by atoms with Gasteiger partial charge in [0.1, 0.15) is 11.2 Å². The molecule has 0 aliphatic rings. The van der Waals surface area contributed by atoms with Crippen LogP contribution in [0.25, 0.3) is 20.2 Å². The van der Waals surface area contributed by atoms with Gasteiger partial charge in [-0.05, 0) is 61.0 Å². The van der Waals surface area contributed by atoms with Crippen LogP contribution >= 0.6 is 22.7 Å². The molecule has 3 aromatic rings. The lowest BCUT2D eigenvalue weighted by Gasteiger charge is -2.09. The van der Waals surface area contributed by atoms with Crippen molar-refractivity contribution in [3.8, 4) is 38.1 Å². The molecular formula is C20H16N2OS2. The maximum absolute atomic E-state index is 9.16. The lowest BCUT2D eigenvalue weighted by Crippen LogP contribution is -2.13. The van der Waals surface area contributed by atoms with E-state index in [1.165, 1.54) is 9.75 Å². The van der Waals surface area contributed by atoms with Crippen molar-refractivity contribution < 1.29 is 4.74 Å². The standard InChI is InChI=1S/C20H16N2OS2/c1-20(12-21,13-22)11-16-7-8-18(24-16)19-10-9-17(25-19)14-3-5-15(23-2)6-4-14/h3-10H,11H2,1-2H3. The Morgan fingerprint density at radius 1 is 0.880 bits per heavy atom. The summed E-state index contributed by atoms with van der Waals surface area (Å²) in [5.74, 6) is 0.849. The van der Waals surface area contributed by atoms with Crippen LogP contribution in [0.1, 0.15) is 11.8 Å². The Labute approximate surface area is 155 Å². The molecule has 0 unspecified atom stereocenters. The third-order valence-corrected chi connectivity index (χ3v) is 6.32. The van der Waals surface area contributed by atoms with E-state index >= 15 is 0 Å². The molecule has 124 valence electrons. The molecule has 2 aromatic heterocycles. The lowest BCUT2D eigenvalue weighted by atomic mass is 9.90. The van der Waals surface area contributed by atoms with E-state index in [9.17, 15) is 0 Å². The van der Waals surface area contributed by atoms with Crippen molar-refractivity contribution in [2.24, 2.45) is 5.41 Å². The quantitative estimate of drug-likeness (QED) is 0.579. The Morgan fingerprint density at radius 3 is 2.12 bits per heavy atom. The molecule has 0 N–H and O–H groups in total. The van der Waals surface area contributed by atoms with Gasteiger partial charge >= 0.3 is 0 Å². The van der Waals surface area contributed by atoms with Gasteiger partial charge in [0.2, 0.25) is 0 Å². The Balaban J connectivity index is 1.81. The van der Waals surface area contributed by atoms with Crippen LogP contribution in [0.5, 0.6) is 5.75 Å². The third-order valence-electron chi connectivity index (χ3n) is 3.91. The van der Waals surface area contributed by atoms with E-state index in [-0.39, 0.29) is 0 Å². The van der Waals surface area contributed by atoms with Gasteiger partial charge in [-0.25, -0.2) is 0 Å². The van der Waals surface area contributed by atoms with Crippen LogP contribution in [0.3, 0.4) is 0 Å². The third kappa shape index (κ3) is 3.74. The lowest BCUT2D eigenvalue weighted by molar-refractivity contribution is 0.415. The molecule has 0 aliphatic heterocycles. The number of benzene rings is 1. The monoisotopic (exact) mass is 364 g/mol. The summed E-state index contributed by atoms with van der Waals surface area (Å²) >= 11 is 3.38. The average Bonchev–Trinajstić information content (AvgIpc) is 3.31. The number of ether oxygens (including phenoxy) is 1. The van der Waals surface area contributed by atoms with Crippen LogP contribution in [0.2, 0.25) is 0 Å². The highest BCUT2D eigenvalue weighted by Crippen LogP contribution is 2.39. The van der Waals surface area contributed by atoms with Gasteiger partial charge in [-0.2, -0.15) is 10.5 Å². The van der Waals surface area contributed by atoms with Gasteiger partial charge in [0.05, 0.1) is 19.2 Å². The van der Waals surface area contributed by atoms with Crippen molar-refractivity contribution in [1.82, 2.24) is 0 Å². The Hall–Kier alpha value is -2.60. The molecule has 0 fully saturated rings. The second kappa shape index (κ2) is 7.11. The van der Waals surface area contributed by atoms with E-state index in [1.807, 2.05) is 18.2 Å². The smallest absolute Gasteiger partial charge is 0.145 e. The van der Waals surface area contributed by atoms with E-state index < -0.39 is 5.41 Å². The molecule has 3 rings (SSSR count). The van der Waals surface area contributed by atoms with E-state index in [2.05, 4.69) is 42.5 Å². The first kappa shape index (κ1) is 17.2. The first-order valence-corrected chi connectivity index (χ1v) is 9.36. The summed E-state index contributed by atoms with van der Waals surface area (Å²) in [6.45, 7) is 1.68. The van der Waals surface area contributed by atoms with Gasteiger partial charge in [-0.1, -0.05) is 0 Å². The maximum Gasteiger partial charge on any atom is 0.145 e. The van der Waals surface area contributed by atoms with E-state index in [0.29, 0.717) is 6.42 Å². The minimum absolute atomic E-state index is 0.460. The molecule has 0 amide bonds. The van der Waals surface area contributed by atoms with Crippen LogP contribution < -0.4 is 4.74 Å². The molecule has 0 radical (unpaired) electrons. The van der Waals surface area contributed by atoms with Gasteiger partial charge in [0, 0.05) is 25.9 Å². The Kier molecular flexibility index (Phi) is 4.90. The molecular weight excluding hydrogens is 348 g/mol. The molecule has 3 nitrogen and oxygen atoms in total. The summed E-state index contributed by atoms with van der Waals surface area (Å²) in [7, 11) is 1.66. The normalized spacial score (nSPS) is 10.9. The Morgan fingerprint density at radius 2 is 1.48 bits per heavy atom. The molecule has 1 aromatic carbocycles. The fourth-order valence-corrected chi connectivity index (χ4v) is 4.70. The summed E-state index contributed by atoms with van der Waals surface area (Å²) in [5.41, 5.74) is 0.196. The molecule has 0 saturated heterocycles. The summed E-state index contributed by atoms with van der Waals surface area (Å²) in [6, 6.07) is 20.6. The molecule has 25 heavy (non-hydrogen) atoms. The zero-order chi connectivity index (χ0) is 17.9. The van der Waals surface area contributed by atoms with Crippen LogP contribution in [0.15, 0.2) is 48.5 Å². The van der Waals surface area contributed by atoms with Gasteiger partial charge in [-0.3, -0.25) is 0 Å². The van der Waals surface area contributed by atoms with Gasteiger partial charge in [-0.15, -0.1) is 22.7 Å². The van der Waals surface area contributed by atoms with Crippen LogP contribution in [0.4, 0.5) is 0 Å². The summed E-state index contributed by atoms with van der Waals surface area (Å²) < 4.78 is 5.20. The number of hydrogen-bond acceptors (Lipinski definition) is 5. The van der Waals surface area contributed by atoms with Gasteiger partial charge in [0.25, 0.3) is 0 Å². The average molecular weight is 364 g/mol. The topological polar surface area (TPSA) is 56.8 Å². The van der Waals surface area contributed by atoms with Crippen molar-refractivity contribution in [3.05, 3.63) is 53.4 Å². The molecule has 2 heterocycles. The minimum atomic E-state index is -0.966. The molecule has 0 bridgehead atoms. The number of nitriles is 2. The fourth-order valence-electron chi connectivity index (χ4n) is 2.44. The van der Waals surface area contributed by atoms with Gasteiger partial charge < -0.3 is 4.74 Å². The van der Waals surface area contributed by atoms with Crippen molar-refractivity contribution in [2.45, 2.75) is 13.3 Å².